The van der Waals surface area contributed by atoms with Gasteiger partial charge in [0.1, 0.15) is 5.82 Å². The molecule has 1 saturated carbocycles. The van der Waals surface area contributed by atoms with Crippen molar-refractivity contribution in [1.82, 2.24) is 10.2 Å². The van der Waals surface area contributed by atoms with Gasteiger partial charge in [0.25, 0.3) is 0 Å². The molecule has 0 radical (unpaired) electrons. The Bertz CT molecular complexity index is 623. The van der Waals surface area contributed by atoms with Gasteiger partial charge in [0.2, 0.25) is 0 Å². The number of Topliss-reactive ketones (excluding diaryl/α,β-unsaturated/α-hetero) is 2. The molecule has 1 fully saturated rings. The van der Waals surface area contributed by atoms with E-state index in [9.17, 15) is 14.0 Å². The number of rotatable bonds is 5. The highest BCUT2D eigenvalue weighted by Gasteiger charge is 2.32. The molecule has 0 aliphatic heterocycles. The minimum atomic E-state index is -0.451. The van der Waals surface area contributed by atoms with E-state index in [0.717, 1.165) is 6.54 Å². The number of likely N-dealkylation sites (N-methyl/N-ethyl adjacent to an activating group) is 1. The van der Waals surface area contributed by atoms with Gasteiger partial charge in [0, 0.05) is 43.1 Å². The first-order valence-electron chi connectivity index (χ1n) is 7.48. The van der Waals surface area contributed by atoms with E-state index < -0.39 is 11.7 Å². The second-order valence-corrected chi connectivity index (χ2v) is 6.37. The van der Waals surface area contributed by atoms with Crippen LogP contribution in [0.5, 0.6) is 0 Å². The molecule has 2 rings (SSSR count). The van der Waals surface area contributed by atoms with E-state index in [-0.39, 0.29) is 30.0 Å². The Morgan fingerprint density at radius 3 is 2.57 bits per heavy atom. The van der Waals surface area contributed by atoms with Crippen molar-refractivity contribution in [3.05, 3.63) is 46.4 Å². The Hall–Kier alpha value is -1.72. The van der Waals surface area contributed by atoms with E-state index in [2.05, 4.69) is 5.32 Å². The fourth-order valence-corrected chi connectivity index (χ4v) is 2.75. The van der Waals surface area contributed by atoms with Crippen molar-refractivity contribution in [2.24, 2.45) is 0 Å². The third kappa shape index (κ3) is 4.62. The average molecular weight is 339 g/mol. The number of allylic oxidation sites excluding steroid dienone is 1. The Morgan fingerprint density at radius 2 is 1.96 bits per heavy atom. The molecule has 4 nitrogen and oxygen atoms in total. The van der Waals surface area contributed by atoms with Gasteiger partial charge in [0.15, 0.2) is 11.6 Å². The molecule has 0 saturated heterocycles. The molecule has 1 N–H and O–H groups in total. The van der Waals surface area contributed by atoms with Crippen LogP contribution >= 0.6 is 11.6 Å². The van der Waals surface area contributed by atoms with Gasteiger partial charge < -0.3 is 10.2 Å². The third-order valence-corrected chi connectivity index (χ3v) is 4.05. The summed E-state index contributed by atoms with van der Waals surface area (Å²) in [7, 11) is 3.88. The average Bonchev–Trinajstić information content (AvgIpc) is 2.47. The summed E-state index contributed by atoms with van der Waals surface area (Å²) in [5.74, 6) is -1.41. The zero-order valence-corrected chi connectivity index (χ0v) is 14.0. The molecule has 23 heavy (non-hydrogen) atoms. The highest BCUT2D eigenvalue weighted by Crippen LogP contribution is 2.34. The molecule has 1 aliphatic carbocycles. The fraction of sp³-hybridized carbons (Fsp3) is 0.412. The van der Waals surface area contributed by atoms with Gasteiger partial charge in [-0.2, -0.15) is 0 Å². The minimum absolute atomic E-state index is 0.115. The number of benzene rings is 1. The largest absolute Gasteiger partial charge is 0.389 e. The molecule has 1 aliphatic rings. The second kappa shape index (κ2) is 7.70. The maximum Gasteiger partial charge on any atom is 0.168 e. The molecule has 0 amide bonds. The molecule has 0 heterocycles. The third-order valence-electron chi connectivity index (χ3n) is 3.81. The predicted molar refractivity (Wildman–Crippen MR) is 88.0 cm³/mol. The summed E-state index contributed by atoms with van der Waals surface area (Å²) >= 11 is 5.89. The molecule has 6 heteroatoms. The number of carbonyl (C=O) groups is 2. The van der Waals surface area contributed by atoms with Crippen molar-refractivity contribution < 1.29 is 14.0 Å². The standard InChI is InChI=1S/C17H20ClFN2O2/c1-21(2)6-5-20-10-14-16(22)7-11(8-17(14)23)13-9-12(18)3-4-15(13)19/h3-4,9-11,20H,5-8H2,1-2H3. The number of hydrogen-bond donors (Lipinski definition) is 1. The van der Waals surface area contributed by atoms with Crippen LogP contribution in [-0.2, 0) is 9.59 Å². The zero-order valence-electron chi connectivity index (χ0n) is 13.2. The van der Waals surface area contributed by atoms with Crippen molar-refractivity contribution in [3.63, 3.8) is 0 Å². The Balaban J connectivity index is 2.07. The summed E-state index contributed by atoms with van der Waals surface area (Å²) in [4.78, 5) is 26.4. The molecule has 0 aromatic heterocycles. The maximum atomic E-state index is 13.9. The highest BCUT2D eigenvalue weighted by molar-refractivity contribution is 6.30. The van der Waals surface area contributed by atoms with E-state index in [1.165, 1.54) is 24.4 Å². The van der Waals surface area contributed by atoms with E-state index in [1.807, 2.05) is 19.0 Å². The van der Waals surface area contributed by atoms with Gasteiger partial charge >= 0.3 is 0 Å². The van der Waals surface area contributed by atoms with Gasteiger partial charge in [-0.15, -0.1) is 0 Å². The van der Waals surface area contributed by atoms with E-state index in [4.69, 9.17) is 11.6 Å². The molecule has 0 atom stereocenters. The number of nitrogens with one attached hydrogen (secondary N) is 1. The molecule has 0 unspecified atom stereocenters. The van der Waals surface area contributed by atoms with Crippen molar-refractivity contribution >= 4 is 23.2 Å². The van der Waals surface area contributed by atoms with Crippen LogP contribution in [0.3, 0.4) is 0 Å². The first kappa shape index (κ1) is 17.6. The van der Waals surface area contributed by atoms with Crippen molar-refractivity contribution in [2.75, 3.05) is 27.2 Å². The molecule has 0 bridgehead atoms. The van der Waals surface area contributed by atoms with Crippen LogP contribution in [0, 0.1) is 5.82 Å². The lowest BCUT2D eigenvalue weighted by Crippen LogP contribution is -2.28. The van der Waals surface area contributed by atoms with E-state index >= 15 is 0 Å². The first-order valence-corrected chi connectivity index (χ1v) is 7.86. The smallest absolute Gasteiger partial charge is 0.168 e. The highest BCUT2D eigenvalue weighted by atomic mass is 35.5. The van der Waals surface area contributed by atoms with Gasteiger partial charge in [-0.1, -0.05) is 11.6 Å². The zero-order chi connectivity index (χ0) is 17.0. The van der Waals surface area contributed by atoms with Gasteiger partial charge in [-0.05, 0) is 37.9 Å². The van der Waals surface area contributed by atoms with Crippen LogP contribution in [0.25, 0.3) is 0 Å². The topological polar surface area (TPSA) is 49.4 Å². The van der Waals surface area contributed by atoms with Crippen molar-refractivity contribution in [1.29, 1.82) is 0 Å². The molecule has 0 spiro atoms. The maximum absolute atomic E-state index is 13.9. The molecule has 1 aromatic rings. The van der Waals surface area contributed by atoms with Crippen LogP contribution in [0.1, 0.15) is 24.3 Å². The van der Waals surface area contributed by atoms with Crippen LogP contribution in [0.4, 0.5) is 4.39 Å². The summed E-state index contributed by atoms with van der Waals surface area (Å²) in [6, 6.07) is 4.21. The van der Waals surface area contributed by atoms with Crippen LogP contribution in [0.2, 0.25) is 5.02 Å². The number of hydrogen-bond acceptors (Lipinski definition) is 4. The molecule has 124 valence electrons. The lowest BCUT2D eigenvalue weighted by atomic mass is 9.80. The van der Waals surface area contributed by atoms with E-state index in [1.54, 1.807) is 0 Å². The van der Waals surface area contributed by atoms with E-state index in [0.29, 0.717) is 17.1 Å². The van der Waals surface area contributed by atoms with Gasteiger partial charge in [-0.3, -0.25) is 9.59 Å². The molecular formula is C17H20ClFN2O2. The predicted octanol–water partition coefficient (Wildman–Crippen LogP) is 2.53. The van der Waals surface area contributed by atoms with Gasteiger partial charge in [-0.25, -0.2) is 4.39 Å². The summed E-state index contributed by atoms with van der Waals surface area (Å²) in [5.41, 5.74) is 0.501. The monoisotopic (exact) mass is 338 g/mol. The Morgan fingerprint density at radius 1 is 1.30 bits per heavy atom. The summed E-state index contributed by atoms with van der Waals surface area (Å²) in [6.07, 6.45) is 1.72. The van der Waals surface area contributed by atoms with Crippen LogP contribution in [-0.4, -0.2) is 43.7 Å². The van der Waals surface area contributed by atoms with Gasteiger partial charge in [0.05, 0.1) is 5.57 Å². The minimum Gasteiger partial charge on any atom is -0.389 e. The first-order chi connectivity index (χ1) is 10.9. The fourth-order valence-electron chi connectivity index (χ4n) is 2.57. The quantitative estimate of drug-likeness (QED) is 0.509. The summed E-state index contributed by atoms with van der Waals surface area (Å²) in [6.45, 7) is 1.44. The number of ketones is 2. The van der Waals surface area contributed by atoms with Crippen molar-refractivity contribution in [3.8, 4) is 0 Å². The van der Waals surface area contributed by atoms with Crippen LogP contribution in [0.15, 0.2) is 30.0 Å². The second-order valence-electron chi connectivity index (χ2n) is 5.93. The summed E-state index contributed by atoms with van der Waals surface area (Å²) in [5, 5.41) is 3.38. The lowest BCUT2D eigenvalue weighted by molar-refractivity contribution is -0.124. The van der Waals surface area contributed by atoms with Crippen molar-refractivity contribution in [2.45, 2.75) is 18.8 Å². The SMILES string of the molecule is CN(C)CCNC=C1C(=O)CC(c2cc(Cl)ccc2F)CC1=O. The number of nitrogens with zero attached hydrogens (tertiary/aromatic N) is 1. The molecule has 1 aromatic carbocycles. The lowest BCUT2D eigenvalue weighted by Gasteiger charge is -2.23. The Labute approximate surface area is 140 Å². The Kier molecular flexibility index (Phi) is 5.91. The normalized spacial score (nSPS) is 18.5. The van der Waals surface area contributed by atoms with Crippen LogP contribution < -0.4 is 5.32 Å². The number of halogens is 2. The molecular weight excluding hydrogens is 319 g/mol. The number of carbonyl (C=O) groups excluding carboxylic acids is 2. The summed E-state index contributed by atoms with van der Waals surface area (Å²) < 4.78 is 13.9.